The second-order valence-electron chi connectivity index (χ2n) is 5.75. The first-order valence-corrected chi connectivity index (χ1v) is 9.78. The van der Waals surface area contributed by atoms with Gasteiger partial charge in [0.05, 0.1) is 18.4 Å². The Morgan fingerprint density at radius 1 is 1.24 bits per heavy atom. The van der Waals surface area contributed by atoms with Gasteiger partial charge in [-0.3, -0.25) is 10.1 Å². The van der Waals surface area contributed by atoms with Gasteiger partial charge in [0.25, 0.3) is 5.91 Å². The van der Waals surface area contributed by atoms with Gasteiger partial charge < -0.3 is 4.74 Å². The van der Waals surface area contributed by atoms with E-state index in [0.29, 0.717) is 10.7 Å². The van der Waals surface area contributed by atoms with E-state index in [1.165, 1.54) is 10.4 Å². The summed E-state index contributed by atoms with van der Waals surface area (Å²) in [5, 5.41) is 3.60. The number of thiazole rings is 1. The van der Waals surface area contributed by atoms with Gasteiger partial charge in [-0.2, -0.15) is 0 Å². The van der Waals surface area contributed by atoms with Crippen LogP contribution >= 0.6 is 33.9 Å². The largest absolute Gasteiger partial charge is 0.497 e. The van der Waals surface area contributed by atoms with Crippen molar-refractivity contribution in [3.05, 3.63) is 62.0 Å². The summed E-state index contributed by atoms with van der Waals surface area (Å²) in [4.78, 5) is 18.4. The van der Waals surface area contributed by atoms with E-state index in [1.54, 1.807) is 18.4 Å². The smallest absolute Gasteiger partial charge is 0.258 e. The molecule has 0 saturated heterocycles. The average molecular weight is 462 g/mol. The van der Waals surface area contributed by atoms with Crippen LogP contribution in [0.5, 0.6) is 5.75 Å². The zero-order chi connectivity index (χ0) is 17.4. The van der Waals surface area contributed by atoms with E-state index < -0.39 is 0 Å². The lowest BCUT2D eigenvalue weighted by Crippen LogP contribution is -2.13. The minimum Gasteiger partial charge on any atom is -0.497 e. The van der Waals surface area contributed by atoms with Gasteiger partial charge in [-0.25, -0.2) is 4.98 Å². The van der Waals surface area contributed by atoms with E-state index in [9.17, 15) is 4.79 Å². The average Bonchev–Trinajstić information content (AvgIpc) is 3.04. The standard InChI is InChI=1S/C19H15IN2O2S/c1-24-12-7-8-13-11(10-12)6-9-16-17(13)21-19(25-16)22-18(23)14-4-2-3-5-15(14)20/h2-5,7-8,10H,6,9H2,1H3,(H,21,22,23). The van der Waals surface area contributed by atoms with Crippen molar-refractivity contribution in [1.29, 1.82) is 0 Å². The molecule has 2 aromatic carbocycles. The molecule has 1 aromatic heterocycles. The summed E-state index contributed by atoms with van der Waals surface area (Å²) in [6.45, 7) is 0. The van der Waals surface area contributed by atoms with Crippen molar-refractivity contribution in [1.82, 2.24) is 4.98 Å². The molecule has 1 aliphatic carbocycles. The zero-order valence-corrected chi connectivity index (χ0v) is 16.5. The molecular weight excluding hydrogens is 447 g/mol. The first-order chi connectivity index (χ1) is 12.2. The van der Waals surface area contributed by atoms with Crippen LogP contribution in [-0.4, -0.2) is 18.0 Å². The lowest BCUT2D eigenvalue weighted by molar-refractivity contribution is 0.102. The van der Waals surface area contributed by atoms with Gasteiger partial charge in [0.1, 0.15) is 5.75 Å². The Labute approximate surface area is 163 Å². The number of amides is 1. The molecule has 1 aliphatic rings. The fourth-order valence-electron chi connectivity index (χ4n) is 2.98. The van der Waals surface area contributed by atoms with Crippen LogP contribution in [0.1, 0.15) is 20.8 Å². The van der Waals surface area contributed by atoms with Crippen LogP contribution < -0.4 is 10.1 Å². The molecule has 4 nitrogen and oxygen atoms in total. The Hall–Kier alpha value is -1.93. The van der Waals surface area contributed by atoms with Crippen LogP contribution in [-0.2, 0) is 12.8 Å². The highest BCUT2D eigenvalue weighted by Gasteiger charge is 2.22. The van der Waals surface area contributed by atoms with Crippen LogP contribution in [0, 0.1) is 3.57 Å². The number of nitrogens with one attached hydrogen (secondary N) is 1. The van der Waals surface area contributed by atoms with Gasteiger partial charge in [0.15, 0.2) is 5.13 Å². The van der Waals surface area contributed by atoms with E-state index in [2.05, 4.69) is 45.0 Å². The summed E-state index contributed by atoms with van der Waals surface area (Å²) in [6.07, 6.45) is 1.90. The number of aryl methyl sites for hydroxylation is 2. The van der Waals surface area contributed by atoms with E-state index >= 15 is 0 Å². The number of aromatic nitrogens is 1. The van der Waals surface area contributed by atoms with Crippen LogP contribution in [0.15, 0.2) is 42.5 Å². The van der Waals surface area contributed by atoms with Crippen molar-refractivity contribution < 1.29 is 9.53 Å². The molecule has 1 heterocycles. The molecule has 6 heteroatoms. The number of anilines is 1. The van der Waals surface area contributed by atoms with Gasteiger partial charge in [0, 0.05) is 14.0 Å². The highest BCUT2D eigenvalue weighted by atomic mass is 127. The molecule has 1 amide bonds. The summed E-state index contributed by atoms with van der Waals surface area (Å²) < 4.78 is 6.24. The van der Waals surface area contributed by atoms with Crippen LogP contribution in [0.3, 0.4) is 0 Å². The summed E-state index contributed by atoms with van der Waals surface area (Å²) >= 11 is 3.73. The second-order valence-corrected chi connectivity index (χ2v) is 7.99. The molecule has 0 spiro atoms. The first kappa shape index (κ1) is 16.5. The number of rotatable bonds is 3. The van der Waals surface area contributed by atoms with Crippen molar-refractivity contribution in [3.8, 4) is 17.0 Å². The Morgan fingerprint density at radius 2 is 2.08 bits per heavy atom. The number of carbonyl (C=O) groups is 1. The monoisotopic (exact) mass is 462 g/mol. The van der Waals surface area contributed by atoms with Gasteiger partial charge in [-0.05, 0) is 71.3 Å². The Kier molecular flexibility index (Phi) is 4.47. The fraction of sp³-hybridized carbons (Fsp3) is 0.158. The van der Waals surface area contributed by atoms with Crippen LogP contribution in [0.2, 0.25) is 0 Å². The third-order valence-electron chi connectivity index (χ3n) is 4.23. The van der Waals surface area contributed by atoms with Gasteiger partial charge >= 0.3 is 0 Å². The van der Waals surface area contributed by atoms with E-state index in [1.807, 2.05) is 30.3 Å². The molecule has 0 radical (unpaired) electrons. The van der Waals surface area contributed by atoms with Crippen LogP contribution in [0.25, 0.3) is 11.3 Å². The van der Waals surface area contributed by atoms with E-state index in [0.717, 1.165) is 33.4 Å². The quantitative estimate of drug-likeness (QED) is 0.571. The van der Waals surface area contributed by atoms with E-state index in [-0.39, 0.29) is 5.91 Å². The molecule has 0 fully saturated rings. The third kappa shape index (κ3) is 3.16. The summed E-state index contributed by atoms with van der Waals surface area (Å²) in [7, 11) is 1.68. The number of nitrogens with zero attached hydrogens (tertiary/aromatic N) is 1. The number of methoxy groups -OCH3 is 1. The zero-order valence-electron chi connectivity index (χ0n) is 13.5. The first-order valence-electron chi connectivity index (χ1n) is 7.88. The molecule has 0 saturated carbocycles. The van der Waals surface area contributed by atoms with Crippen molar-refractivity contribution in [2.24, 2.45) is 0 Å². The fourth-order valence-corrected chi connectivity index (χ4v) is 4.58. The molecule has 3 aromatic rings. The molecule has 0 atom stereocenters. The van der Waals surface area contributed by atoms with Crippen molar-refractivity contribution in [2.75, 3.05) is 12.4 Å². The summed E-state index contributed by atoms with van der Waals surface area (Å²) in [5.74, 6) is 0.746. The number of hydrogen-bond acceptors (Lipinski definition) is 4. The Morgan fingerprint density at radius 3 is 2.88 bits per heavy atom. The van der Waals surface area contributed by atoms with Gasteiger partial charge in [0.2, 0.25) is 0 Å². The van der Waals surface area contributed by atoms with Crippen LogP contribution in [0.4, 0.5) is 5.13 Å². The maximum Gasteiger partial charge on any atom is 0.258 e. The van der Waals surface area contributed by atoms with Crippen molar-refractivity contribution >= 4 is 45.0 Å². The Bertz CT molecular complexity index is 968. The Balaban J connectivity index is 1.63. The maximum absolute atomic E-state index is 12.5. The number of halogens is 1. The highest BCUT2D eigenvalue weighted by Crippen LogP contribution is 2.39. The molecular formula is C19H15IN2O2S. The number of hydrogen-bond donors (Lipinski definition) is 1. The molecule has 0 bridgehead atoms. The lowest BCUT2D eigenvalue weighted by Gasteiger charge is -2.15. The van der Waals surface area contributed by atoms with Crippen molar-refractivity contribution in [3.63, 3.8) is 0 Å². The highest BCUT2D eigenvalue weighted by molar-refractivity contribution is 14.1. The van der Waals surface area contributed by atoms with Gasteiger partial charge in [-0.15, -0.1) is 11.3 Å². The SMILES string of the molecule is COc1ccc2c(c1)CCc1sc(NC(=O)c3ccccc3I)nc1-2. The predicted molar refractivity (Wildman–Crippen MR) is 109 cm³/mol. The third-order valence-corrected chi connectivity index (χ3v) is 6.20. The number of carbonyl (C=O) groups excluding carboxylic acids is 1. The number of ether oxygens (including phenoxy) is 1. The van der Waals surface area contributed by atoms with Crippen molar-refractivity contribution in [2.45, 2.75) is 12.8 Å². The summed E-state index contributed by atoms with van der Waals surface area (Å²) in [6, 6.07) is 13.6. The predicted octanol–water partition coefficient (Wildman–Crippen LogP) is 4.77. The van der Waals surface area contributed by atoms with Gasteiger partial charge in [-0.1, -0.05) is 12.1 Å². The second kappa shape index (κ2) is 6.76. The molecule has 0 unspecified atom stereocenters. The van der Waals surface area contributed by atoms with E-state index in [4.69, 9.17) is 4.74 Å². The molecule has 126 valence electrons. The summed E-state index contributed by atoms with van der Waals surface area (Å²) in [5.41, 5.74) is 4.02. The topological polar surface area (TPSA) is 51.2 Å². The number of benzene rings is 2. The molecule has 25 heavy (non-hydrogen) atoms. The maximum atomic E-state index is 12.5. The normalized spacial score (nSPS) is 12.2. The lowest BCUT2D eigenvalue weighted by atomic mass is 9.93. The molecule has 4 rings (SSSR count). The molecule has 1 N–H and O–H groups in total. The number of fused-ring (bicyclic) bond motifs is 3. The molecule has 0 aliphatic heterocycles. The minimum atomic E-state index is -0.119. The minimum absolute atomic E-state index is 0.119.